The lowest BCUT2D eigenvalue weighted by Crippen LogP contribution is -2.46. The Balaban J connectivity index is 2.00. The Labute approximate surface area is 114 Å². The van der Waals surface area contributed by atoms with Crippen molar-refractivity contribution in [2.24, 2.45) is 0 Å². The number of nitrogens with zero attached hydrogens (tertiary/aromatic N) is 1. The van der Waals surface area contributed by atoms with E-state index in [2.05, 4.69) is 17.1 Å². The molecule has 0 bridgehead atoms. The molecule has 1 atom stereocenters. The molecule has 0 aromatic carbocycles. The van der Waals surface area contributed by atoms with Gasteiger partial charge >= 0.3 is 0 Å². The number of nitrogens with one attached hydrogen (secondary N) is 1. The van der Waals surface area contributed by atoms with Gasteiger partial charge in [0.2, 0.25) is 0 Å². The second-order valence-electron chi connectivity index (χ2n) is 5.08. The lowest BCUT2D eigenvalue weighted by molar-refractivity contribution is 0.200. The Morgan fingerprint density at radius 1 is 1.53 bits per heavy atom. The minimum atomic E-state index is -2.85. The van der Waals surface area contributed by atoms with Gasteiger partial charge in [-0.15, -0.1) is 0 Å². The summed E-state index contributed by atoms with van der Waals surface area (Å²) in [7, 11) is -2.85. The molecule has 6 heteroatoms. The van der Waals surface area contributed by atoms with Gasteiger partial charge in [0.1, 0.15) is 5.76 Å². The average molecular weight is 286 g/mol. The van der Waals surface area contributed by atoms with Gasteiger partial charge in [-0.2, -0.15) is 0 Å². The van der Waals surface area contributed by atoms with E-state index in [-0.39, 0.29) is 17.5 Å². The van der Waals surface area contributed by atoms with Crippen molar-refractivity contribution < 1.29 is 12.8 Å². The molecular formula is C13H22N2O3S. The lowest BCUT2D eigenvalue weighted by atomic mass is 10.2. The Kier molecular flexibility index (Phi) is 4.65. The molecule has 2 heterocycles. The molecular weight excluding hydrogens is 264 g/mol. The van der Waals surface area contributed by atoms with Gasteiger partial charge in [-0.25, -0.2) is 8.42 Å². The SMILES string of the molecule is CCNCc1ccoc1CN1CCS(=O)(=O)CC1C. The number of furan rings is 1. The van der Waals surface area contributed by atoms with Crippen LogP contribution in [0.2, 0.25) is 0 Å². The third-order valence-electron chi connectivity index (χ3n) is 3.56. The van der Waals surface area contributed by atoms with E-state index < -0.39 is 9.84 Å². The van der Waals surface area contributed by atoms with Crippen molar-refractivity contribution in [2.45, 2.75) is 33.0 Å². The van der Waals surface area contributed by atoms with Crippen molar-refractivity contribution in [3.63, 3.8) is 0 Å². The summed E-state index contributed by atoms with van der Waals surface area (Å²) in [6.07, 6.45) is 1.70. The Morgan fingerprint density at radius 2 is 2.32 bits per heavy atom. The average Bonchev–Trinajstić information content (AvgIpc) is 2.77. The summed E-state index contributed by atoms with van der Waals surface area (Å²) in [5.41, 5.74) is 1.16. The number of hydrogen-bond donors (Lipinski definition) is 1. The van der Waals surface area contributed by atoms with Crippen LogP contribution in [-0.4, -0.2) is 44.0 Å². The third kappa shape index (κ3) is 3.81. The number of sulfone groups is 1. The van der Waals surface area contributed by atoms with E-state index in [4.69, 9.17) is 4.42 Å². The first kappa shape index (κ1) is 14.6. The van der Waals surface area contributed by atoms with E-state index in [1.807, 2.05) is 13.0 Å². The minimum Gasteiger partial charge on any atom is -0.468 e. The predicted molar refractivity (Wildman–Crippen MR) is 74.6 cm³/mol. The molecule has 1 saturated heterocycles. The minimum absolute atomic E-state index is 0.0517. The normalized spacial score (nSPS) is 23.6. The molecule has 1 aliphatic heterocycles. The van der Waals surface area contributed by atoms with Crippen LogP contribution in [0.5, 0.6) is 0 Å². The molecule has 19 heavy (non-hydrogen) atoms. The van der Waals surface area contributed by atoms with E-state index in [9.17, 15) is 8.42 Å². The van der Waals surface area contributed by atoms with E-state index in [1.165, 1.54) is 0 Å². The quantitative estimate of drug-likeness (QED) is 0.875. The van der Waals surface area contributed by atoms with Crippen LogP contribution in [0.1, 0.15) is 25.2 Å². The molecule has 1 aromatic heterocycles. The summed E-state index contributed by atoms with van der Waals surface area (Å²) in [4.78, 5) is 2.18. The van der Waals surface area contributed by atoms with Crippen LogP contribution < -0.4 is 5.32 Å². The zero-order valence-corrected chi connectivity index (χ0v) is 12.4. The topological polar surface area (TPSA) is 62.6 Å². The van der Waals surface area contributed by atoms with E-state index in [0.29, 0.717) is 13.1 Å². The molecule has 0 aliphatic carbocycles. The molecule has 0 spiro atoms. The van der Waals surface area contributed by atoms with E-state index in [0.717, 1.165) is 24.4 Å². The molecule has 1 fully saturated rings. The van der Waals surface area contributed by atoms with Crippen molar-refractivity contribution in [3.8, 4) is 0 Å². The second kappa shape index (κ2) is 6.07. The number of rotatable bonds is 5. The van der Waals surface area contributed by atoms with Crippen LogP contribution in [0.3, 0.4) is 0 Å². The van der Waals surface area contributed by atoms with Crippen molar-refractivity contribution in [1.82, 2.24) is 10.2 Å². The maximum absolute atomic E-state index is 11.6. The first-order valence-electron chi connectivity index (χ1n) is 6.72. The standard InChI is InChI=1S/C13H22N2O3S/c1-3-14-8-12-4-6-18-13(12)9-15-5-7-19(16,17)10-11(15)2/h4,6,11,14H,3,5,7-10H2,1-2H3. The molecule has 1 N–H and O–H groups in total. The van der Waals surface area contributed by atoms with Crippen LogP contribution >= 0.6 is 0 Å². The van der Waals surface area contributed by atoms with Gasteiger partial charge in [-0.1, -0.05) is 6.92 Å². The fourth-order valence-corrected chi connectivity index (χ4v) is 4.00. The largest absolute Gasteiger partial charge is 0.468 e. The molecule has 2 rings (SSSR count). The lowest BCUT2D eigenvalue weighted by Gasteiger charge is -2.32. The molecule has 1 unspecified atom stereocenters. The summed E-state index contributed by atoms with van der Waals surface area (Å²) >= 11 is 0. The van der Waals surface area contributed by atoms with Crippen LogP contribution in [0.25, 0.3) is 0 Å². The highest BCUT2D eigenvalue weighted by Crippen LogP contribution is 2.18. The van der Waals surface area contributed by atoms with Gasteiger partial charge in [-0.05, 0) is 19.5 Å². The monoisotopic (exact) mass is 286 g/mol. The van der Waals surface area contributed by atoms with Gasteiger partial charge in [0.15, 0.2) is 9.84 Å². The zero-order valence-electron chi connectivity index (χ0n) is 11.6. The van der Waals surface area contributed by atoms with Gasteiger partial charge in [0.05, 0.1) is 24.3 Å². The summed E-state index contributed by atoms with van der Waals surface area (Å²) < 4.78 is 28.6. The van der Waals surface area contributed by atoms with Crippen molar-refractivity contribution in [1.29, 1.82) is 0 Å². The summed E-state index contributed by atoms with van der Waals surface area (Å²) in [5.74, 6) is 1.43. The zero-order chi connectivity index (χ0) is 13.9. The van der Waals surface area contributed by atoms with Crippen LogP contribution in [0.15, 0.2) is 16.7 Å². The first-order valence-corrected chi connectivity index (χ1v) is 8.54. The van der Waals surface area contributed by atoms with Crippen LogP contribution in [0.4, 0.5) is 0 Å². The maximum Gasteiger partial charge on any atom is 0.153 e. The highest BCUT2D eigenvalue weighted by molar-refractivity contribution is 7.91. The first-order chi connectivity index (χ1) is 9.02. The predicted octanol–water partition coefficient (Wildman–Crippen LogP) is 1.01. The molecule has 1 aliphatic rings. The van der Waals surface area contributed by atoms with Gasteiger partial charge < -0.3 is 9.73 Å². The van der Waals surface area contributed by atoms with E-state index >= 15 is 0 Å². The Bertz CT molecular complexity index is 510. The van der Waals surface area contributed by atoms with Crippen LogP contribution in [-0.2, 0) is 22.9 Å². The third-order valence-corrected chi connectivity index (χ3v) is 5.35. The number of hydrogen-bond acceptors (Lipinski definition) is 5. The van der Waals surface area contributed by atoms with Crippen molar-refractivity contribution in [2.75, 3.05) is 24.6 Å². The fourth-order valence-electron chi connectivity index (χ4n) is 2.38. The summed E-state index contributed by atoms with van der Waals surface area (Å²) in [6, 6.07) is 2.03. The smallest absolute Gasteiger partial charge is 0.153 e. The molecule has 0 saturated carbocycles. The summed E-state index contributed by atoms with van der Waals surface area (Å²) in [6.45, 7) is 7.02. The van der Waals surface area contributed by atoms with E-state index in [1.54, 1.807) is 6.26 Å². The molecule has 0 amide bonds. The summed E-state index contributed by atoms with van der Waals surface area (Å²) in [5, 5.41) is 3.28. The highest BCUT2D eigenvalue weighted by atomic mass is 32.2. The molecule has 108 valence electrons. The van der Waals surface area contributed by atoms with Crippen molar-refractivity contribution >= 4 is 9.84 Å². The highest BCUT2D eigenvalue weighted by Gasteiger charge is 2.28. The second-order valence-corrected chi connectivity index (χ2v) is 7.31. The Hall–Kier alpha value is -0.850. The van der Waals surface area contributed by atoms with Gasteiger partial charge in [0, 0.05) is 24.7 Å². The van der Waals surface area contributed by atoms with Gasteiger partial charge in [-0.3, -0.25) is 4.90 Å². The fraction of sp³-hybridized carbons (Fsp3) is 0.692. The molecule has 0 radical (unpaired) electrons. The molecule has 5 nitrogen and oxygen atoms in total. The van der Waals surface area contributed by atoms with Crippen molar-refractivity contribution in [3.05, 3.63) is 23.7 Å². The van der Waals surface area contributed by atoms with Crippen LogP contribution in [0, 0.1) is 0 Å². The Morgan fingerprint density at radius 3 is 3.00 bits per heavy atom. The van der Waals surface area contributed by atoms with Gasteiger partial charge in [0.25, 0.3) is 0 Å². The molecule has 1 aromatic rings. The maximum atomic E-state index is 11.6.